The van der Waals surface area contributed by atoms with Crippen LogP contribution in [0.1, 0.15) is 32.1 Å². The topological polar surface area (TPSA) is 129 Å². The summed E-state index contributed by atoms with van der Waals surface area (Å²) in [5.41, 5.74) is 11.7. The van der Waals surface area contributed by atoms with Crippen molar-refractivity contribution in [3.63, 3.8) is 0 Å². The number of hydrogen-bond donors (Lipinski definition) is 2. The Morgan fingerprint density at radius 3 is 1.03 bits per heavy atom. The number of nitrogens with zero attached hydrogens (tertiary/aromatic N) is 4. The molecule has 8 nitrogen and oxygen atoms in total. The molecule has 2 aliphatic heterocycles. The third-order valence-corrected chi connectivity index (χ3v) is 10.5. The molecule has 0 radical (unpaired) electrons. The van der Waals surface area contributed by atoms with E-state index in [1.54, 1.807) is 0 Å². The van der Waals surface area contributed by atoms with Crippen LogP contribution in [0.5, 0.6) is 0 Å². The fourth-order valence-corrected chi connectivity index (χ4v) is 7.97. The zero-order valence-corrected chi connectivity index (χ0v) is 32.0. The van der Waals surface area contributed by atoms with E-state index < -0.39 is 11.9 Å². The number of aromatic nitrogens is 4. The van der Waals surface area contributed by atoms with E-state index in [0.717, 1.165) is 44.8 Å². The second kappa shape index (κ2) is 15.0. The van der Waals surface area contributed by atoms with Gasteiger partial charge in [-0.2, -0.15) is 0 Å². The fourth-order valence-electron chi connectivity index (χ4n) is 7.97. The van der Waals surface area contributed by atoms with Gasteiger partial charge < -0.3 is 20.2 Å². The van der Waals surface area contributed by atoms with Crippen molar-refractivity contribution in [2.45, 2.75) is 0 Å². The molecule has 0 spiro atoms. The SMILES string of the molecule is O=C(O)c1cc2c(cc1C(=O)O)-c1nc-2c(-c2ccccc2)c2ccc([n-]2)c(-c2ccccc2)c2nc(c(-c3ccccc3)c3ccc([n-]3)c1-c1ccccc1)C=C2.[Ni+2]. The first kappa shape index (κ1) is 37.0. The van der Waals surface area contributed by atoms with Gasteiger partial charge in [-0.05, 0) is 68.8 Å². The Bertz CT molecular complexity index is 2950. The zero-order chi connectivity index (χ0) is 39.3. The predicted molar refractivity (Wildman–Crippen MR) is 228 cm³/mol. The van der Waals surface area contributed by atoms with Crippen LogP contribution in [-0.4, -0.2) is 32.1 Å². The van der Waals surface area contributed by atoms with Crippen LogP contribution in [0.25, 0.3) is 101 Å². The van der Waals surface area contributed by atoms with Crippen molar-refractivity contribution in [1.29, 1.82) is 0 Å². The van der Waals surface area contributed by atoms with Crippen LogP contribution < -0.4 is 9.97 Å². The Hall–Kier alpha value is -7.61. The van der Waals surface area contributed by atoms with E-state index in [2.05, 4.69) is 0 Å². The van der Waals surface area contributed by atoms with Gasteiger partial charge in [0.05, 0.1) is 33.9 Å². The average Bonchev–Trinajstić information content (AvgIpc) is 4.09. The van der Waals surface area contributed by atoms with E-state index in [4.69, 9.17) is 19.9 Å². The molecule has 0 unspecified atom stereocenters. The summed E-state index contributed by atoms with van der Waals surface area (Å²) in [5, 5.41) is 20.7. The Morgan fingerprint density at radius 2 is 0.712 bits per heavy atom. The molecule has 0 aliphatic carbocycles. The molecular formula is C50H30N4NiO4. The van der Waals surface area contributed by atoms with Gasteiger partial charge >= 0.3 is 28.4 Å². The molecule has 5 aromatic carbocycles. The molecule has 284 valence electrons. The summed E-state index contributed by atoms with van der Waals surface area (Å²) in [7, 11) is 0. The van der Waals surface area contributed by atoms with Crippen LogP contribution in [0, 0.1) is 0 Å². The molecule has 9 heteroatoms. The van der Waals surface area contributed by atoms with E-state index in [0.29, 0.717) is 55.7 Å². The second-order valence-electron chi connectivity index (χ2n) is 14.0. The maximum absolute atomic E-state index is 12.7. The molecule has 2 aliphatic rings. The van der Waals surface area contributed by atoms with Crippen molar-refractivity contribution in [3.8, 4) is 67.0 Å². The molecule has 0 saturated heterocycles. The Labute approximate surface area is 348 Å². The van der Waals surface area contributed by atoms with Gasteiger partial charge in [-0.3, -0.25) is 0 Å². The number of aromatic carboxylic acids is 2. The minimum atomic E-state index is -1.36. The molecule has 10 rings (SSSR count). The summed E-state index contributed by atoms with van der Waals surface area (Å²) in [6.07, 6.45) is 4.04. The van der Waals surface area contributed by atoms with Crippen LogP contribution in [0.2, 0.25) is 0 Å². The van der Waals surface area contributed by atoms with E-state index in [1.807, 2.05) is 158 Å². The summed E-state index contributed by atoms with van der Waals surface area (Å²) in [6.45, 7) is 0. The molecule has 2 N–H and O–H groups in total. The largest absolute Gasteiger partial charge is 2.00 e. The van der Waals surface area contributed by atoms with Crippen molar-refractivity contribution in [2.24, 2.45) is 0 Å². The predicted octanol–water partition coefficient (Wildman–Crippen LogP) is 11.1. The molecule has 0 amide bonds. The summed E-state index contributed by atoms with van der Waals surface area (Å²) in [5.74, 6) is -2.72. The normalized spacial score (nSPS) is 11.5. The molecule has 8 aromatic rings. The van der Waals surface area contributed by atoms with Gasteiger partial charge in [-0.25, -0.2) is 19.6 Å². The van der Waals surface area contributed by atoms with Gasteiger partial charge in [0.1, 0.15) is 0 Å². The molecular weight excluding hydrogens is 779 g/mol. The summed E-state index contributed by atoms with van der Waals surface area (Å²) >= 11 is 0. The van der Waals surface area contributed by atoms with Crippen LogP contribution in [0.15, 0.2) is 158 Å². The van der Waals surface area contributed by atoms with E-state index >= 15 is 0 Å². The summed E-state index contributed by atoms with van der Waals surface area (Å²) < 4.78 is 0. The van der Waals surface area contributed by atoms with Crippen LogP contribution in [0.4, 0.5) is 0 Å². The quantitative estimate of drug-likeness (QED) is 0.159. The zero-order valence-electron chi connectivity index (χ0n) is 31.0. The average molecular weight is 810 g/mol. The smallest absolute Gasteiger partial charge is 0.657 e. The Balaban J connectivity index is 0.00000449. The molecule has 0 atom stereocenters. The molecule has 8 bridgehead atoms. The first-order valence-corrected chi connectivity index (χ1v) is 18.7. The van der Waals surface area contributed by atoms with Crippen molar-refractivity contribution in [2.75, 3.05) is 0 Å². The molecule has 3 aromatic heterocycles. The van der Waals surface area contributed by atoms with Gasteiger partial charge in [-0.15, -0.1) is 22.1 Å². The number of carboxylic acid groups (broad SMARTS) is 2. The molecule has 0 fully saturated rings. The fraction of sp³-hybridized carbons (Fsp3) is 0. The number of carbonyl (C=O) groups is 2. The van der Waals surface area contributed by atoms with Crippen molar-refractivity contribution >= 4 is 46.2 Å². The second-order valence-corrected chi connectivity index (χ2v) is 14.0. The number of hydrogen-bond acceptors (Lipinski definition) is 4. The molecule has 0 saturated carbocycles. The first-order valence-electron chi connectivity index (χ1n) is 18.7. The Kier molecular flexibility index (Phi) is 9.44. The number of rotatable bonds is 6. The maximum atomic E-state index is 12.7. The maximum Gasteiger partial charge on any atom is 2.00 e. The van der Waals surface area contributed by atoms with Crippen LogP contribution in [0.3, 0.4) is 0 Å². The van der Waals surface area contributed by atoms with Crippen LogP contribution >= 0.6 is 0 Å². The number of fused-ring (bicyclic) bond motifs is 11. The van der Waals surface area contributed by atoms with E-state index in [-0.39, 0.29) is 27.6 Å². The standard InChI is InChI=1S/C50H32N4O4.Ni/c55-49(56)35-27-33-34(28-36(35)50(57)58)48-46(32-19-11-4-12-20-32)42-26-24-40(53-42)44(30-15-7-2-8-16-30)38-22-21-37(51-38)43(29-13-5-1-6-14-29)39-23-25-41(52-39)45(47(33)54-48)31-17-9-3-10-18-31;/h1-28H,(H4,51,52,53,54,55,56,57,58);/q;+2/p-2. The monoisotopic (exact) mass is 808 g/mol. The van der Waals surface area contributed by atoms with Crippen molar-refractivity contribution in [1.82, 2.24) is 19.9 Å². The summed E-state index contributed by atoms with van der Waals surface area (Å²) in [4.78, 5) is 46.8. The van der Waals surface area contributed by atoms with E-state index in [9.17, 15) is 19.8 Å². The van der Waals surface area contributed by atoms with Gasteiger partial charge in [0.15, 0.2) is 0 Å². The molecule has 59 heavy (non-hydrogen) atoms. The minimum Gasteiger partial charge on any atom is -0.657 e. The van der Waals surface area contributed by atoms with Crippen LogP contribution in [-0.2, 0) is 16.5 Å². The van der Waals surface area contributed by atoms with Gasteiger partial charge in [0.25, 0.3) is 0 Å². The minimum absolute atomic E-state index is 0. The Morgan fingerprint density at radius 1 is 0.407 bits per heavy atom. The summed E-state index contributed by atoms with van der Waals surface area (Å²) in [6, 6.07) is 50.2. The van der Waals surface area contributed by atoms with E-state index in [1.165, 1.54) is 12.1 Å². The van der Waals surface area contributed by atoms with Gasteiger partial charge in [-0.1, -0.05) is 146 Å². The van der Waals surface area contributed by atoms with Gasteiger partial charge in [0, 0.05) is 11.1 Å². The third-order valence-electron chi connectivity index (χ3n) is 10.5. The first-order chi connectivity index (χ1) is 28.4. The third kappa shape index (κ3) is 6.44. The van der Waals surface area contributed by atoms with Crippen molar-refractivity contribution < 1.29 is 36.3 Å². The van der Waals surface area contributed by atoms with Crippen molar-refractivity contribution in [3.05, 3.63) is 180 Å². The number of carboxylic acids is 2. The van der Waals surface area contributed by atoms with Gasteiger partial charge in [0.2, 0.25) is 0 Å². The molecule has 5 heterocycles. The number of benzene rings is 5.